The molecule has 5 aromatic rings. The zero-order chi connectivity index (χ0) is 18.4. The normalized spacial score (nSPS) is 11.3. The monoisotopic (exact) mass is 355 g/mol. The number of benzene rings is 2. The molecule has 5 nitrogen and oxygen atoms in total. The fourth-order valence-corrected chi connectivity index (χ4v) is 3.53. The first-order valence-corrected chi connectivity index (χ1v) is 8.67. The Bertz CT molecular complexity index is 1290. The van der Waals surface area contributed by atoms with Gasteiger partial charge in [0, 0.05) is 23.2 Å². The largest absolute Gasteiger partial charge is 0.497 e. The quantitative estimate of drug-likeness (QED) is 0.470. The van der Waals surface area contributed by atoms with E-state index in [1.165, 1.54) is 0 Å². The van der Waals surface area contributed by atoms with Crippen molar-refractivity contribution in [2.45, 2.75) is 0 Å². The van der Waals surface area contributed by atoms with Crippen LogP contribution in [0.2, 0.25) is 0 Å². The second kappa shape index (κ2) is 5.99. The van der Waals surface area contributed by atoms with Gasteiger partial charge in [0.2, 0.25) is 0 Å². The van der Waals surface area contributed by atoms with Crippen molar-refractivity contribution < 1.29 is 9.47 Å². The summed E-state index contributed by atoms with van der Waals surface area (Å²) in [6.45, 7) is 0. The lowest BCUT2D eigenvalue weighted by Crippen LogP contribution is -1.96. The summed E-state index contributed by atoms with van der Waals surface area (Å²) in [5.41, 5.74) is 5.75. The highest BCUT2D eigenvalue weighted by Crippen LogP contribution is 2.34. The fraction of sp³-hybridized carbons (Fsp3) is 0.0909. The zero-order valence-electron chi connectivity index (χ0n) is 15.0. The Morgan fingerprint density at radius 1 is 0.815 bits per heavy atom. The summed E-state index contributed by atoms with van der Waals surface area (Å²) in [6, 6.07) is 20.1. The molecule has 2 aromatic carbocycles. The predicted octanol–water partition coefficient (Wildman–Crippen LogP) is 4.72. The number of pyridine rings is 2. The molecule has 132 valence electrons. The Kier molecular flexibility index (Phi) is 3.47. The van der Waals surface area contributed by atoms with Gasteiger partial charge in [0.1, 0.15) is 17.1 Å². The van der Waals surface area contributed by atoms with Crippen LogP contribution in [-0.4, -0.2) is 28.6 Å². The summed E-state index contributed by atoms with van der Waals surface area (Å²) in [6.07, 6.45) is 1.80. The van der Waals surface area contributed by atoms with Crippen molar-refractivity contribution in [2.75, 3.05) is 14.2 Å². The lowest BCUT2D eigenvalue weighted by Gasteiger charge is -2.12. The summed E-state index contributed by atoms with van der Waals surface area (Å²) >= 11 is 0. The van der Waals surface area contributed by atoms with Crippen LogP contribution in [0.15, 0.2) is 66.9 Å². The Hall–Kier alpha value is -3.60. The molecule has 3 aromatic heterocycles. The minimum atomic E-state index is 0.739. The van der Waals surface area contributed by atoms with Crippen molar-refractivity contribution in [2.24, 2.45) is 0 Å². The number of rotatable bonds is 3. The third-order valence-corrected chi connectivity index (χ3v) is 4.80. The van der Waals surface area contributed by atoms with Gasteiger partial charge in [-0.25, -0.2) is 4.98 Å². The van der Waals surface area contributed by atoms with E-state index < -0.39 is 0 Å². The summed E-state index contributed by atoms with van der Waals surface area (Å²) < 4.78 is 13.1. The van der Waals surface area contributed by atoms with Gasteiger partial charge < -0.3 is 9.47 Å². The Balaban J connectivity index is 1.96. The SMILES string of the molecule is COc1cc(OC)cc(-c2cc3ncccc3c3nc4ccccc4n23)c1. The first kappa shape index (κ1) is 15.6. The summed E-state index contributed by atoms with van der Waals surface area (Å²) in [5, 5.41) is 1.02. The van der Waals surface area contributed by atoms with E-state index >= 15 is 0 Å². The molecule has 0 spiro atoms. The van der Waals surface area contributed by atoms with E-state index in [0.29, 0.717) is 0 Å². The molecule has 0 saturated carbocycles. The van der Waals surface area contributed by atoms with Crippen molar-refractivity contribution in [3.63, 3.8) is 0 Å². The smallest absolute Gasteiger partial charge is 0.147 e. The number of methoxy groups -OCH3 is 2. The van der Waals surface area contributed by atoms with Gasteiger partial charge in [-0.1, -0.05) is 12.1 Å². The second-order valence-corrected chi connectivity index (χ2v) is 6.33. The summed E-state index contributed by atoms with van der Waals surface area (Å²) in [4.78, 5) is 9.43. The maximum atomic E-state index is 5.47. The number of aromatic nitrogens is 3. The van der Waals surface area contributed by atoms with Crippen LogP contribution < -0.4 is 9.47 Å². The number of imidazole rings is 1. The maximum absolute atomic E-state index is 5.47. The molecule has 0 bridgehead atoms. The number of ether oxygens (including phenoxy) is 2. The van der Waals surface area contributed by atoms with E-state index in [-0.39, 0.29) is 0 Å². The average molecular weight is 355 g/mol. The van der Waals surface area contributed by atoms with Crippen LogP contribution in [0.25, 0.3) is 38.8 Å². The van der Waals surface area contributed by atoms with Gasteiger partial charge in [-0.3, -0.25) is 9.38 Å². The molecule has 0 aliphatic heterocycles. The van der Waals surface area contributed by atoms with Gasteiger partial charge in [-0.15, -0.1) is 0 Å². The van der Waals surface area contributed by atoms with Crippen molar-refractivity contribution in [1.82, 2.24) is 14.4 Å². The van der Waals surface area contributed by atoms with Crippen LogP contribution in [0.4, 0.5) is 0 Å². The Morgan fingerprint density at radius 3 is 2.37 bits per heavy atom. The second-order valence-electron chi connectivity index (χ2n) is 6.33. The van der Waals surface area contributed by atoms with Gasteiger partial charge >= 0.3 is 0 Å². The van der Waals surface area contributed by atoms with Crippen LogP contribution >= 0.6 is 0 Å². The minimum Gasteiger partial charge on any atom is -0.497 e. The maximum Gasteiger partial charge on any atom is 0.147 e. The molecule has 0 unspecified atom stereocenters. The number of hydrogen-bond acceptors (Lipinski definition) is 4. The lowest BCUT2D eigenvalue weighted by molar-refractivity contribution is 0.394. The van der Waals surface area contributed by atoms with Gasteiger partial charge in [0.05, 0.1) is 36.5 Å². The number of nitrogens with zero attached hydrogens (tertiary/aromatic N) is 3. The Labute approximate surface area is 155 Å². The Morgan fingerprint density at radius 2 is 1.59 bits per heavy atom. The molecule has 0 atom stereocenters. The molecular formula is C22H17N3O2. The van der Waals surface area contributed by atoms with Crippen molar-refractivity contribution >= 4 is 27.6 Å². The highest BCUT2D eigenvalue weighted by Gasteiger charge is 2.15. The van der Waals surface area contributed by atoms with Crippen LogP contribution in [0.3, 0.4) is 0 Å². The van der Waals surface area contributed by atoms with Gasteiger partial charge in [0.25, 0.3) is 0 Å². The highest BCUT2D eigenvalue weighted by molar-refractivity contribution is 5.99. The molecule has 5 rings (SSSR count). The molecule has 0 aliphatic rings. The molecule has 0 amide bonds. The summed E-state index contributed by atoms with van der Waals surface area (Å²) in [5.74, 6) is 1.48. The molecule has 0 N–H and O–H groups in total. The number of fused-ring (bicyclic) bond motifs is 5. The van der Waals surface area contributed by atoms with E-state index in [1.54, 1.807) is 20.4 Å². The first-order chi connectivity index (χ1) is 13.3. The molecule has 0 aliphatic carbocycles. The molecule has 3 heterocycles. The molecule has 0 fully saturated rings. The van der Waals surface area contributed by atoms with Crippen LogP contribution in [0.1, 0.15) is 0 Å². The van der Waals surface area contributed by atoms with E-state index in [4.69, 9.17) is 14.5 Å². The van der Waals surface area contributed by atoms with Crippen LogP contribution in [0.5, 0.6) is 11.5 Å². The molecule has 0 saturated heterocycles. The molecular weight excluding hydrogens is 338 g/mol. The van der Waals surface area contributed by atoms with Gasteiger partial charge in [-0.05, 0) is 42.5 Å². The van der Waals surface area contributed by atoms with Gasteiger partial charge in [-0.2, -0.15) is 0 Å². The fourth-order valence-electron chi connectivity index (χ4n) is 3.53. The first-order valence-electron chi connectivity index (χ1n) is 8.67. The molecule has 0 radical (unpaired) electrons. The molecule has 5 heteroatoms. The lowest BCUT2D eigenvalue weighted by atomic mass is 10.1. The van der Waals surface area contributed by atoms with E-state index in [2.05, 4.69) is 27.6 Å². The summed E-state index contributed by atoms with van der Waals surface area (Å²) in [7, 11) is 3.31. The van der Waals surface area contributed by atoms with Crippen molar-refractivity contribution in [3.05, 3.63) is 66.9 Å². The van der Waals surface area contributed by atoms with E-state index in [0.717, 1.165) is 50.3 Å². The van der Waals surface area contributed by atoms with Crippen molar-refractivity contribution in [3.8, 4) is 22.8 Å². The average Bonchev–Trinajstić information content (AvgIpc) is 3.12. The third kappa shape index (κ3) is 2.39. The predicted molar refractivity (Wildman–Crippen MR) is 107 cm³/mol. The van der Waals surface area contributed by atoms with E-state index in [9.17, 15) is 0 Å². The zero-order valence-corrected chi connectivity index (χ0v) is 15.0. The number of para-hydroxylation sites is 2. The van der Waals surface area contributed by atoms with Gasteiger partial charge in [0.15, 0.2) is 0 Å². The highest BCUT2D eigenvalue weighted by atomic mass is 16.5. The topological polar surface area (TPSA) is 48.7 Å². The molecule has 27 heavy (non-hydrogen) atoms. The third-order valence-electron chi connectivity index (χ3n) is 4.80. The van der Waals surface area contributed by atoms with Crippen LogP contribution in [-0.2, 0) is 0 Å². The standard InChI is InChI=1S/C22H17N3O2/c1-26-15-10-14(11-16(12-15)27-2)21-13-19-17(6-5-9-23-19)22-24-18-7-3-4-8-20(18)25(21)22/h3-13H,1-2H3. The minimum absolute atomic E-state index is 0.739. The van der Waals surface area contributed by atoms with Crippen molar-refractivity contribution in [1.29, 1.82) is 0 Å². The number of hydrogen-bond donors (Lipinski definition) is 0. The van der Waals surface area contributed by atoms with Crippen LogP contribution in [0, 0.1) is 0 Å². The van der Waals surface area contributed by atoms with E-state index in [1.807, 2.05) is 42.5 Å².